The molecule has 0 aliphatic heterocycles. The number of aryl methyl sites for hydroxylation is 1. The number of fused-ring (bicyclic) bond motifs is 1. The Morgan fingerprint density at radius 3 is 2.83 bits per heavy atom. The SMILES string of the molecule is Cn1c(=O)cc(O)c2nc(-c3cnn(-c4cccnc4)c3)ccc21. The first-order valence-electron chi connectivity index (χ1n) is 7.29. The molecule has 0 saturated carbocycles. The molecule has 0 spiro atoms. The van der Waals surface area contributed by atoms with E-state index in [-0.39, 0.29) is 11.3 Å². The van der Waals surface area contributed by atoms with Gasteiger partial charge in [-0.2, -0.15) is 5.10 Å². The summed E-state index contributed by atoms with van der Waals surface area (Å²) in [5, 5.41) is 14.3. The van der Waals surface area contributed by atoms with Gasteiger partial charge in [-0.05, 0) is 24.3 Å². The fraction of sp³-hybridized carbons (Fsp3) is 0.0588. The molecule has 0 saturated heterocycles. The molecule has 0 fully saturated rings. The number of hydrogen-bond acceptors (Lipinski definition) is 5. The molecule has 7 heteroatoms. The first-order valence-corrected chi connectivity index (χ1v) is 7.29. The smallest absolute Gasteiger partial charge is 0.254 e. The van der Waals surface area contributed by atoms with Gasteiger partial charge in [0.25, 0.3) is 5.56 Å². The fourth-order valence-electron chi connectivity index (χ4n) is 2.56. The first kappa shape index (κ1) is 14.1. The van der Waals surface area contributed by atoms with Gasteiger partial charge in [-0.25, -0.2) is 9.67 Å². The highest BCUT2D eigenvalue weighted by atomic mass is 16.3. The predicted octanol–water partition coefficient (Wildman–Crippen LogP) is 1.89. The van der Waals surface area contributed by atoms with Gasteiger partial charge in [-0.15, -0.1) is 0 Å². The highest BCUT2D eigenvalue weighted by Crippen LogP contribution is 2.25. The van der Waals surface area contributed by atoms with Crippen LogP contribution in [0.5, 0.6) is 5.75 Å². The molecule has 24 heavy (non-hydrogen) atoms. The molecule has 118 valence electrons. The van der Waals surface area contributed by atoms with Crippen LogP contribution in [0, 0.1) is 0 Å². The molecular formula is C17H13N5O2. The van der Waals surface area contributed by atoms with Crippen LogP contribution in [0.2, 0.25) is 0 Å². The minimum absolute atomic E-state index is 0.130. The van der Waals surface area contributed by atoms with Crippen molar-refractivity contribution in [1.29, 1.82) is 0 Å². The number of aromatic hydroxyl groups is 1. The van der Waals surface area contributed by atoms with Crippen LogP contribution >= 0.6 is 0 Å². The molecule has 0 aliphatic rings. The minimum Gasteiger partial charge on any atom is -0.505 e. The van der Waals surface area contributed by atoms with Crippen molar-refractivity contribution in [3.8, 4) is 22.7 Å². The second-order valence-corrected chi connectivity index (χ2v) is 5.38. The van der Waals surface area contributed by atoms with Gasteiger partial charge in [0, 0.05) is 31.1 Å². The highest BCUT2D eigenvalue weighted by Gasteiger charge is 2.10. The maximum absolute atomic E-state index is 11.7. The standard InChI is InChI=1S/C17H13N5O2/c1-21-14-5-4-13(20-17(14)15(23)7-16(21)24)11-8-19-22(10-11)12-3-2-6-18-9-12/h2-10,23H,1H3. The van der Waals surface area contributed by atoms with Crippen LogP contribution in [0.15, 0.2) is 59.9 Å². The van der Waals surface area contributed by atoms with E-state index in [1.807, 2.05) is 18.3 Å². The molecule has 4 aromatic heterocycles. The van der Waals surface area contributed by atoms with Crippen LogP contribution in [-0.2, 0) is 7.05 Å². The molecular weight excluding hydrogens is 306 g/mol. The Hall–Kier alpha value is -3.48. The van der Waals surface area contributed by atoms with Crippen molar-refractivity contribution in [2.24, 2.45) is 7.05 Å². The maximum atomic E-state index is 11.7. The quantitative estimate of drug-likeness (QED) is 0.610. The lowest BCUT2D eigenvalue weighted by Gasteiger charge is -2.07. The lowest BCUT2D eigenvalue weighted by molar-refractivity contribution is 0.478. The van der Waals surface area contributed by atoms with Crippen LogP contribution in [-0.4, -0.2) is 29.4 Å². The monoisotopic (exact) mass is 319 g/mol. The lowest BCUT2D eigenvalue weighted by Crippen LogP contribution is -2.15. The van der Waals surface area contributed by atoms with Crippen molar-refractivity contribution >= 4 is 11.0 Å². The van der Waals surface area contributed by atoms with Gasteiger partial charge in [-0.1, -0.05) is 0 Å². The third-order valence-electron chi connectivity index (χ3n) is 3.86. The van der Waals surface area contributed by atoms with E-state index in [4.69, 9.17) is 0 Å². The predicted molar refractivity (Wildman–Crippen MR) is 89.0 cm³/mol. The van der Waals surface area contributed by atoms with E-state index in [0.717, 1.165) is 17.3 Å². The summed E-state index contributed by atoms with van der Waals surface area (Å²) in [5.74, 6) is -0.130. The van der Waals surface area contributed by atoms with Crippen molar-refractivity contribution in [3.63, 3.8) is 0 Å². The van der Waals surface area contributed by atoms with Gasteiger partial charge in [0.05, 0.1) is 29.3 Å². The summed E-state index contributed by atoms with van der Waals surface area (Å²) in [6.45, 7) is 0. The third-order valence-corrected chi connectivity index (χ3v) is 3.86. The van der Waals surface area contributed by atoms with Crippen LogP contribution in [0.3, 0.4) is 0 Å². The molecule has 7 nitrogen and oxygen atoms in total. The van der Waals surface area contributed by atoms with E-state index in [1.165, 1.54) is 4.57 Å². The summed E-state index contributed by atoms with van der Waals surface area (Å²) in [7, 11) is 1.64. The summed E-state index contributed by atoms with van der Waals surface area (Å²) in [4.78, 5) is 20.3. The van der Waals surface area contributed by atoms with E-state index in [2.05, 4.69) is 15.1 Å². The Bertz CT molecular complexity index is 1100. The Balaban J connectivity index is 1.83. The minimum atomic E-state index is -0.279. The van der Waals surface area contributed by atoms with Gasteiger partial charge in [0.2, 0.25) is 0 Å². The molecule has 1 N–H and O–H groups in total. The van der Waals surface area contributed by atoms with Crippen molar-refractivity contribution in [3.05, 3.63) is 65.5 Å². The normalized spacial score (nSPS) is 11.0. The Labute approximate surface area is 136 Å². The number of pyridine rings is 3. The maximum Gasteiger partial charge on any atom is 0.254 e. The Kier molecular flexibility index (Phi) is 3.13. The first-order chi connectivity index (χ1) is 11.6. The molecule has 0 aromatic carbocycles. The van der Waals surface area contributed by atoms with Crippen molar-refractivity contribution in [1.82, 2.24) is 24.3 Å². The van der Waals surface area contributed by atoms with E-state index >= 15 is 0 Å². The van der Waals surface area contributed by atoms with Crippen LogP contribution in [0.25, 0.3) is 28.0 Å². The molecule has 0 aliphatic carbocycles. The Morgan fingerprint density at radius 2 is 2.04 bits per heavy atom. The topological polar surface area (TPSA) is 85.8 Å². The van der Waals surface area contributed by atoms with Crippen LogP contribution in [0.4, 0.5) is 0 Å². The second kappa shape index (κ2) is 5.31. The highest BCUT2D eigenvalue weighted by molar-refractivity contribution is 5.83. The van der Waals surface area contributed by atoms with Crippen LogP contribution < -0.4 is 5.56 Å². The summed E-state index contributed by atoms with van der Waals surface area (Å²) >= 11 is 0. The van der Waals surface area contributed by atoms with E-state index in [1.54, 1.807) is 42.5 Å². The molecule has 0 atom stereocenters. The van der Waals surface area contributed by atoms with Gasteiger partial charge >= 0.3 is 0 Å². The molecule has 0 amide bonds. The fourth-order valence-corrected chi connectivity index (χ4v) is 2.56. The number of nitrogens with zero attached hydrogens (tertiary/aromatic N) is 5. The molecule has 4 aromatic rings. The van der Waals surface area contributed by atoms with Gasteiger partial charge in [0.1, 0.15) is 11.3 Å². The Morgan fingerprint density at radius 1 is 1.17 bits per heavy atom. The number of aromatic nitrogens is 5. The number of rotatable bonds is 2. The van der Waals surface area contributed by atoms with Gasteiger partial charge < -0.3 is 9.67 Å². The molecule has 0 radical (unpaired) electrons. The summed E-state index contributed by atoms with van der Waals surface area (Å²) in [5.41, 5.74) is 2.97. The largest absolute Gasteiger partial charge is 0.505 e. The van der Waals surface area contributed by atoms with E-state index < -0.39 is 0 Å². The zero-order valence-corrected chi connectivity index (χ0v) is 12.8. The lowest BCUT2D eigenvalue weighted by atomic mass is 10.2. The zero-order valence-electron chi connectivity index (χ0n) is 12.8. The summed E-state index contributed by atoms with van der Waals surface area (Å²) < 4.78 is 3.15. The summed E-state index contributed by atoms with van der Waals surface area (Å²) in [6.07, 6.45) is 6.95. The van der Waals surface area contributed by atoms with Crippen molar-refractivity contribution in [2.75, 3.05) is 0 Å². The van der Waals surface area contributed by atoms with E-state index in [9.17, 15) is 9.90 Å². The molecule has 4 rings (SSSR count). The molecule has 4 heterocycles. The van der Waals surface area contributed by atoms with Crippen LogP contribution in [0.1, 0.15) is 0 Å². The van der Waals surface area contributed by atoms with E-state index in [0.29, 0.717) is 16.7 Å². The number of hydrogen-bond donors (Lipinski definition) is 1. The average molecular weight is 319 g/mol. The second-order valence-electron chi connectivity index (χ2n) is 5.38. The zero-order chi connectivity index (χ0) is 16.7. The van der Waals surface area contributed by atoms with Crippen molar-refractivity contribution < 1.29 is 5.11 Å². The van der Waals surface area contributed by atoms with Gasteiger partial charge in [-0.3, -0.25) is 9.78 Å². The van der Waals surface area contributed by atoms with Gasteiger partial charge in [0.15, 0.2) is 0 Å². The summed E-state index contributed by atoms with van der Waals surface area (Å²) in [6, 6.07) is 8.47. The third kappa shape index (κ3) is 2.23. The molecule has 0 unspecified atom stereocenters. The molecule has 0 bridgehead atoms. The van der Waals surface area contributed by atoms with Crippen molar-refractivity contribution in [2.45, 2.75) is 0 Å². The average Bonchev–Trinajstić information content (AvgIpc) is 3.10.